The molecule has 5 heteroatoms. The summed E-state index contributed by atoms with van der Waals surface area (Å²) in [6, 6.07) is 1.56. The molecular weight excluding hydrogens is 270 g/mol. The van der Waals surface area contributed by atoms with Crippen LogP contribution in [0.3, 0.4) is 0 Å². The number of carboxylic acids is 1. The Hall–Kier alpha value is -1.20. The van der Waals surface area contributed by atoms with E-state index < -0.39 is 19.9 Å². The molecular formula is C15H23NO3Si. The van der Waals surface area contributed by atoms with Crippen LogP contribution in [0, 0.1) is 0 Å². The summed E-state index contributed by atoms with van der Waals surface area (Å²) in [5, 5.41) is 9.45. The summed E-state index contributed by atoms with van der Waals surface area (Å²) in [5.74, 6) is -0.910. The van der Waals surface area contributed by atoms with Crippen LogP contribution in [0.5, 0.6) is 0 Å². The third-order valence-corrected chi connectivity index (χ3v) is 9.02. The van der Waals surface area contributed by atoms with Crippen molar-refractivity contribution in [3.8, 4) is 0 Å². The van der Waals surface area contributed by atoms with Crippen LogP contribution in [0.25, 0.3) is 0 Å². The van der Waals surface area contributed by atoms with Gasteiger partial charge in [0.25, 0.3) is 0 Å². The van der Waals surface area contributed by atoms with E-state index in [2.05, 4.69) is 38.8 Å². The molecule has 0 amide bonds. The number of nitrogens with zero attached hydrogens (tertiary/aromatic N) is 1. The minimum Gasteiger partial charge on any atom is -0.478 e. The van der Waals surface area contributed by atoms with Gasteiger partial charge in [-0.1, -0.05) is 20.8 Å². The van der Waals surface area contributed by atoms with Crippen LogP contribution in [-0.4, -0.2) is 24.4 Å². The Labute approximate surface area is 121 Å². The summed E-state index contributed by atoms with van der Waals surface area (Å²) in [6.07, 6.45) is 4.94. The Morgan fingerprint density at radius 1 is 1.40 bits per heavy atom. The zero-order valence-corrected chi connectivity index (χ0v) is 13.9. The fourth-order valence-corrected chi connectivity index (χ4v) is 3.72. The molecule has 0 aromatic carbocycles. The molecule has 1 N–H and O–H groups in total. The van der Waals surface area contributed by atoms with Crippen LogP contribution in [0.15, 0.2) is 18.5 Å². The van der Waals surface area contributed by atoms with E-state index in [-0.39, 0.29) is 5.04 Å². The summed E-state index contributed by atoms with van der Waals surface area (Å²) in [4.78, 5) is 15.5. The normalized spacial score (nSPS) is 17.9. The molecule has 2 rings (SSSR count). The molecule has 1 heterocycles. The number of aromatic nitrogens is 1. The quantitative estimate of drug-likeness (QED) is 0.858. The monoisotopic (exact) mass is 293 g/mol. The van der Waals surface area contributed by atoms with Crippen molar-refractivity contribution in [3.05, 3.63) is 29.6 Å². The lowest BCUT2D eigenvalue weighted by Crippen LogP contribution is -2.44. The lowest BCUT2D eigenvalue weighted by atomic mass is 10.0. The Bertz CT molecular complexity index is 530. The van der Waals surface area contributed by atoms with E-state index in [1.807, 2.05) is 0 Å². The summed E-state index contributed by atoms with van der Waals surface area (Å²) < 4.78 is 6.51. The van der Waals surface area contributed by atoms with Gasteiger partial charge >= 0.3 is 5.97 Å². The highest BCUT2D eigenvalue weighted by Gasteiger charge is 2.53. The minimum absolute atomic E-state index is 0.105. The van der Waals surface area contributed by atoms with E-state index in [1.165, 1.54) is 6.20 Å². The fourth-order valence-electron chi connectivity index (χ4n) is 2.13. The molecule has 0 spiro atoms. The highest BCUT2D eigenvalue weighted by molar-refractivity contribution is 6.74. The van der Waals surface area contributed by atoms with E-state index in [9.17, 15) is 9.90 Å². The molecule has 1 aromatic heterocycles. The molecule has 1 saturated carbocycles. The maximum atomic E-state index is 11.4. The van der Waals surface area contributed by atoms with Gasteiger partial charge in [-0.05, 0) is 37.0 Å². The van der Waals surface area contributed by atoms with Gasteiger partial charge in [0.05, 0.1) is 11.2 Å². The summed E-state index contributed by atoms with van der Waals surface area (Å²) in [7, 11) is -1.94. The van der Waals surface area contributed by atoms with E-state index in [0.29, 0.717) is 5.56 Å². The first kappa shape index (κ1) is 15.2. The first-order chi connectivity index (χ1) is 9.09. The number of hydrogen-bond donors (Lipinski definition) is 1. The van der Waals surface area contributed by atoms with Crippen LogP contribution < -0.4 is 0 Å². The van der Waals surface area contributed by atoms with Gasteiger partial charge in [-0.15, -0.1) is 0 Å². The Balaban J connectivity index is 2.36. The van der Waals surface area contributed by atoms with Crippen molar-refractivity contribution in [1.82, 2.24) is 4.98 Å². The molecule has 1 fully saturated rings. The second-order valence-electron chi connectivity index (χ2n) is 7.08. The average Bonchev–Trinajstić information content (AvgIpc) is 3.07. The maximum absolute atomic E-state index is 11.4. The van der Waals surface area contributed by atoms with E-state index >= 15 is 0 Å². The summed E-state index contributed by atoms with van der Waals surface area (Å²) in [6.45, 7) is 11.0. The van der Waals surface area contributed by atoms with Gasteiger partial charge in [-0.25, -0.2) is 4.79 Å². The van der Waals surface area contributed by atoms with Gasteiger partial charge < -0.3 is 9.53 Å². The van der Waals surface area contributed by atoms with Gasteiger partial charge in [0.1, 0.15) is 0 Å². The smallest absolute Gasteiger partial charge is 0.336 e. The molecule has 0 unspecified atom stereocenters. The lowest BCUT2D eigenvalue weighted by Gasteiger charge is -2.40. The molecule has 1 aromatic rings. The van der Waals surface area contributed by atoms with Crippen LogP contribution in [-0.2, 0) is 10.0 Å². The predicted molar refractivity (Wildman–Crippen MR) is 80.4 cm³/mol. The largest absolute Gasteiger partial charge is 0.478 e. The molecule has 20 heavy (non-hydrogen) atoms. The molecule has 1 aliphatic rings. The number of carboxylic acid groups (broad SMARTS) is 1. The Kier molecular flexibility index (Phi) is 3.55. The van der Waals surface area contributed by atoms with Gasteiger partial charge in [0.2, 0.25) is 0 Å². The number of pyridine rings is 1. The van der Waals surface area contributed by atoms with Crippen molar-refractivity contribution < 1.29 is 14.3 Å². The molecule has 0 radical (unpaired) electrons. The fraction of sp³-hybridized carbons (Fsp3) is 0.600. The van der Waals surface area contributed by atoms with Gasteiger partial charge in [0.15, 0.2) is 8.32 Å². The highest BCUT2D eigenvalue weighted by atomic mass is 28.4. The van der Waals surface area contributed by atoms with Crippen molar-refractivity contribution in [2.45, 2.75) is 57.3 Å². The molecule has 110 valence electrons. The molecule has 1 aliphatic carbocycles. The molecule has 0 atom stereocenters. The first-order valence-corrected chi connectivity index (χ1v) is 9.88. The highest BCUT2D eigenvalue weighted by Crippen LogP contribution is 2.54. The van der Waals surface area contributed by atoms with Crippen molar-refractivity contribution >= 4 is 14.3 Å². The number of rotatable bonds is 4. The van der Waals surface area contributed by atoms with E-state index in [0.717, 1.165) is 18.4 Å². The Morgan fingerprint density at radius 2 is 2.00 bits per heavy atom. The average molecular weight is 293 g/mol. The zero-order valence-electron chi connectivity index (χ0n) is 12.9. The number of carbonyl (C=O) groups is 1. The topological polar surface area (TPSA) is 59.4 Å². The van der Waals surface area contributed by atoms with E-state index in [4.69, 9.17) is 4.43 Å². The second kappa shape index (κ2) is 4.67. The summed E-state index contributed by atoms with van der Waals surface area (Å²) >= 11 is 0. The van der Waals surface area contributed by atoms with Crippen LogP contribution >= 0.6 is 0 Å². The standard InChI is InChI=1S/C15H23NO3Si/c1-14(2,3)20(4,5)19-15(7-8-15)12-10-16-9-6-11(12)13(17)18/h6,9-10H,7-8H2,1-5H3,(H,17,18). The van der Waals surface area contributed by atoms with Crippen molar-refractivity contribution in [1.29, 1.82) is 0 Å². The zero-order chi connectivity index (χ0) is 15.2. The Morgan fingerprint density at radius 3 is 2.45 bits per heavy atom. The molecule has 4 nitrogen and oxygen atoms in total. The SMILES string of the molecule is CC(C)(C)[Si](C)(C)OC1(c2cnccc2C(=O)O)CC1. The summed E-state index contributed by atoms with van der Waals surface area (Å²) in [5.41, 5.74) is 0.624. The van der Waals surface area contributed by atoms with Gasteiger partial charge in [-0.3, -0.25) is 4.98 Å². The third-order valence-electron chi connectivity index (χ3n) is 4.50. The van der Waals surface area contributed by atoms with E-state index in [1.54, 1.807) is 12.3 Å². The first-order valence-electron chi connectivity index (χ1n) is 6.97. The van der Waals surface area contributed by atoms with Crippen LogP contribution in [0.2, 0.25) is 18.1 Å². The van der Waals surface area contributed by atoms with Crippen LogP contribution in [0.4, 0.5) is 0 Å². The maximum Gasteiger partial charge on any atom is 0.336 e. The molecule has 0 bridgehead atoms. The minimum atomic E-state index is -1.94. The van der Waals surface area contributed by atoms with Crippen LogP contribution in [0.1, 0.15) is 49.5 Å². The second-order valence-corrected chi connectivity index (χ2v) is 11.8. The van der Waals surface area contributed by atoms with Gasteiger partial charge in [-0.2, -0.15) is 0 Å². The predicted octanol–water partition coefficient (Wildman–Crippen LogP) is 3.79. The molecule has 0 aliphatic heterocycles. The van der Waals surface area contributed by atoms with Crippen molar-refractivity contribution in [2.24, 2.45) is 0 Å². The molecule has 0 saturated heterocycles. The number of hydrogen-bond acceptors (Lipinski definition) is 3. The van der Waals surface area contributed by atoms with Gasteiger partial charge in [0, 0.05) is 18.0 Å². The van der Waals surface area contributed by atoms with Crippen molar-refractivity contribution in [2.75, 3.05) is 0 Å². The number of aromatic carboxylic acids is 1. The lowest BCUT2D eigenvalue weighted by molar-refractivity contribution is 0.0686. The van der Waals surface area contributed by atoms with Crippen molar-refractivity contribution in [3.63, 3.8) is 0 Å². The third kappa shape index (κ3) is 2.65.